The van der Waals surface area contributed by atoms with Gasteiger partial charge in [-0.05, 0) is 18.1 Å². The van der Waals surface area contributed by atoms with Crippen LogP contribution < -0.4 is 0 Å². The van der Waals surface area contributed by atoms with Crippen LogP contribution in [0, 0.1) is 0 Å². The Morgan fingerprint density at radius 1 is 1.04 bits per heavy atom. The molecule has 1 aliphatic heterocycles. The largest absolute Gasteiger partial charge is 0.449 e. The van der Waals surface area contributed by atoms with Crippen molar-refractivity contribution in [1.29, 1.82) is 0 Å². The van der Waals surface area contributed by atoms with Gasteiger partial charge in [0.25, 0.3) is 0 Å². The summed E-state index contributed by atoms with van der Waals surface area (Å²) in [6, 6.07) is 18.2. The van der Waals surface area contributed by atoms with E-state index in [1.165, 1.54) is 0 Å². The van der Waals surface area contributed by atoms with E-state index < -0.39 is 24.3 Å². The summed E-state index contributed by atoms with van der Waals surface area (Å²) in [7, 11) is 0. The molecule has 2 amide bonds. The van der Waals surface area contributed by atoms with E-state index in [0.717, 1.165) is 16.0 Å². The maximum Gasteiger partial charge on any atom is 0.420 e. The monoisotopic (exact) mass is 311 g/mol. The van der Waals surface area contributed by atoms with E-state index in [1.54, 1.807) is 6.92 Å². The van der Waals surface area contributed by atoms with Gasteiger partial charge in [0.05, 0.1) is 6.61 Å². The Morgan fingerprint density at radius 3 is 2.17 bits per heavy atom. The van der Waals surface area contributed by atoms with Crippen LogP contribution in [-0.2, 0) is 9.47 Å². The van der Waals surface area contributed by atoms with E-state index in [0.29, 0.717) is 0 Å². The molecule has 23 heavy (non-hydrogen) atoms. The van der Waals surface area contributed by atoms with Gasteiger partial charge in [-0.3, -0.25) is 0 Å². The van der Waals surface area contributed by atoms with Crippen molar-refractivity contribution in [2.75, 3.05) is 6.61 Å². The van der Waals surface area contributed by atoms with E-state index in [2.05, 4.69) is 0 Å². The molecule has 1 aliphatic rings. The summed E-state index contributed by atoms with van der Waals surface area (Å²) in [6.45, 7) is 1.89. The molecule has 1 saturated heterocycles. The lowest BCUT2D eigenvalue weighted by atomic mass is 9.96. The van der Waals surface area contributed by atoms with Crippen LogP contribution in [0.5, 0.6) is 0 Å². The number of cyclic esters (lactones) is 1. The van der Waals surface area contributed by atoms with Gasteiger partial charge >= 0.3 is 12.2 Å². The van der Waals surface area contributed by atoms with Crippen LogP contribution >= 0.6 is 0 Å². The summed E-state index contributed by atoms with van der Waals surface area (Å²) >= 11 is 0. The summed E-state index contributed by atoms with van der Waals surface area (Å²) in [5.41, 5.74) is 1.65. The van der Waals surface area contributed by atoms with Crippen LogP contribution in [0.1, 0.15) is 30.2 Å². The third-order valence-electron chi connectivity index (χ3n) is 3.72. The second-order valence-corrected chi connectivity index (χ2v) is 5.14. The van der Waals surface area contributed by atoms with Crippen LogP contribution in [0.25, 0.3) is 0 Å². The number of carbonyl (C=O) groups excluding carboxylic acids is 2. The minimum atomic E-state index is -0.690. The fourth-order valence-electron chi connectivity index (χ4n) is 2.73. The van der Waals surface area contributed by atoms with Crippen molar-refractivity contribution < 1.29 is 19.1 Å². The first-order chi connectivity index (χ1) is 11.2. The van der Waals surface area contributed by atoms with E-state index in [9.17, 15) is 9.59 Å². The molecule has 2 aromatic carbocycles. The van der Waals surface area contributed by atoms with Gasteiger partial charge in [-0.15, -0.1) is 0 Å². The molecular weight excluding hydrogens is 294 g/mol. The van der Waals surface area contributed by atoms with Gasteiger partial charge in [-0.1, -0.05) is 60.7 Å². The van der Waals surface area contributed by atoms with Crippen LogP contribution in [0.15, 0.2) is 60.7 Å². The van der Waals surface area contributed by atoms with Crippen molar-refractivity contribution >= 4 is 12.2 Å². The molecule has 5 nitrogen and oxygen atoms in total. The SMILES string of the molecule is CCOC(=O)N1C(=O)OC(c2ccccc2)C1c1ccccc1. The fourth-order valence-corrected chi connectivity index (χ4v) is 2.73. The van der Waals surface area contributed by atoms with Crippen molar-refractivity contribution in [1.82, 2.24) is 4.90 Å². The minimum Gasteiger partial charge on any atom is -0.449 e. The second kappa shape index (κ2) is 6.52. The lowest BCUT2D eigenvalue weighted by molar-refractivity contribution is 0.107. The molecule has 0 N–H and O–H groups in total. The Balaban J connectivity index is 2.03. The number of ether oxygens (including phenoxy) is 2. The number of hydrogen-bond donors (Lipinski definition) is 0. The number of nitrogens with zero attached hydrogens (tertiary/aromatic N) is 1. The zero-order valence-electron chi connectivity index (χ0n) is 12.7. The molecule has 0 saturated carbocycles. The van der Waals surface area contributed by atoms with Gasteiger partial charge in [0.2, 0.25) is 0 Å². The third-order valence-corrected chi connectivity index (χ3v) is 3.72. The average Bonchev–Trinajstić information content (AvgIpc) is 2.94. The standard InChI is InChI=1S/C18H17NO4/c1-2-22-17(20)19-15(13-9-5-3-6-10-13)16(23-18(19)21)14-11-7-4-8-12-14/h3-12,15-16H,2H2,1H3. The number of amides is 2. The van der Waals surface area contributed by atoms with Crippen molar-refractivity contribution in [3.8, 4) is 0 Å². The Bertz CT molecular complexity index is 687. The molecule has 0 spiro atoms. The molecule has 118 valence electrons. The average molecular weight is 311 g/mol. The lowest BCUT2D eigenvalue weighted by Gasteiger charge is -2.23. The predicted molar refractivity (Wildman–Crippen MR) is 83.7 cm³/mol. The first-order valence-electron chi connectivity index (χ1n) is 7.49. The second-order valence-electron chi connectivity index (χ2n) is 5.14. The molecule has 0 radical (unpaired) electrons. The summed E-state index contributed by atoms with van der Waals surface area (Å²) in [6.07, 6.45) is -1.94. The summed E-state index contributed by atoms with van der Waals surface area (Å²) in [4.78, 5) is 25.5. The highest BCUT2D eigenvalue weighted by Crippen LogP contribution is 2.43. The first kappa shape index (κ1) is 15.1. The Kier molecular flexibility index (Phi) is 4.28. The van der Waals surface area contributed by atoms with E-state index in [-0.39, 0.29) is 6.61 Å². The van der Waals surface area contributed by atoms with Crippen molar-refractivity contribution in [3.63, 3.8) is 0 Å². The number of rotatable bonds is 3. The molecule has 2 unspecified atom stereocenters. The van der Waals surface area contributed by atoms with E-state index >= 15 is 0 Å². The summed E-state index contributed by atoms with van der Waals surface area (Å²) in [5, 5.41) is 0. The zero-order valence-corrected chi connectivity index (χ0v) is 12.7. The number of benzene rings is 2. The normalized spacial score (nSPS) is 20.2. The van der Waals surface area contributed by atoms with Gasteiger partial charge < -0.3 is 9.47 Å². The molecule has 0 aliphatic carbocycles. The number of carbonyl (C=O) groups is 2. The molecule has 1 heterocycles. The molecule has 3 rings (SSSR count). The van der Waals surface area contributed by atoms with Gasteiger partial charge in [-0.2, -0.15) is 0 Å². The molecule has 1 fully saturated rings. The summed E-state index contributed by atoms with van der Waals surface area (Å²) in [5.74, 6) is 0. The summed E-state index contributed by atoms with van der Waals surface area (Å²) < 4.78 is 10.5. The lowest BCUT2D eigenvalue weighted by Crippen LogP contribution is -2.35. The fraction of sp³-hybridized carbons (Fsp3) is 0.222. The van der Waals surface area contributed by atoms with Gasteiger partial charge in [0.1, 0.15) is 6.04 Å². The minimum absolute atomic E-state index is 0.195. The van der Waals surface area contributed by atoms with Crippen LogP contribution in [0.3, 0.4) is 0 Å². The molecule has 2 atom stereocenters. The van der Waals surface area contributed by atoms with Crippen molar-refractivity contribution in [2.24, 2.45) is 0 Å². The number of hydrogen-bond acceptors (Lipinski definition) is 4. The van der Waals surface area contributed by atoms with Gasteiger partial charge in [0, 0.05) is 0 Å². The molecule has 2 aromatic rings. The van der Waals surface area contributed by atoms with Crippen LogP contribution in [0.2, 0.25) is 0 Å². The molecule has 5 heteroatoms. The highest BCUT2D eigenvalue weighted by Gasteiger charge is 2.47. The van der Waals surface area contributed by atoms with Gasteiger partial charge in [-0.25, -0.2) is 14.5 Å². The zero-order chi connectivity index (χ0) is 16.2. The predicted octanol–water partition coefficient (Wildman–Crippen LogP) is 4.08. The Hall–Kier alpha value is -2.82. The van der Waals surface area contributed by atoms with E-state index in [4.69, 9.17) is 9.47 Å². The molecule has 0 aromatic heterocycles. The Labute approximate surface area is 134 Å². The smallest absolute Gasteiger partial charge is 0.420 e. The Morgan fingerprint density at radius 2 is 1.61 bits per heavy atom. The van der Waals surface area contributed by atoms with Crippen molar-refractivity contribution in [2.45, 2.75) is 19.1 Å². The van der Waals surface area contributed by atoms with Crippen LogP contribution in [0.4, 0.5) is 9.59 Å². The van der Waals surface area contributed by atoms with E-state index in [1.807, 2.05) is 60.7 Å². The first-order valence-corrected chi connectivity index (χ1v) is 7.49. The quantitative estimate of drug-likeness (QED) is 0.857. The molecule has 0 bridgehead atoms. The maximum absolute atomic E-state index is 12.3. The van der Waals surface area contributed by atoms with Crippen LogP contribution in [-0.4, -0.2) is 23.7 Å². The number of imide groups is 1. The highest BCUT2D eigenvalue weighted by atomic mass is 16.6. The third kappa shape index (κ3) is 2.90. The highest BCUT2D eigenvalue weighted by molar-refractivity contribution is 5.90. The van der Waals surface area contributed by atoms with Gasteiger partial charge in [0.15, 0.2) is 6.10 Å². The molecular formula is C18H17NO4. The topological polar surface area (TPSA) is 55.8 Å². The van der Waals surface area contributed by atoms with Crippen molar-refractivity contribution in [3.05, 3.63) is 71.8 Å². The maximum atomic E-state index is 12.3.